The van der Waals surface area contributed by atoms with Crippen molar-refractivity contribution in [2.75, 3.05) is 13.1 Å². The van der Waals surface area contributed by atoms with E-state index in [4.69, 9.17) is 0 Å². The second-order valence-corrected chi connectivity index (χ2v) is 2.91. The van der Waals surface area contributed by atoms with E-state index >= 15 is 0 Å². The maximum atomic E-state index is 11.2. The summed E-state index contributed by atoms with van der Waals surface area (Å²) in [4.78, 5) is 11.2. The molecular weight excluding hydrogens is 126 g/mol. The molecule has 0 aromatic rings. The molecule has 1 heterocycles. The Morgan fingerprint density at radius 1 is 1.70 bits per heavy atom. The van der Waals surface area contributed by atoms with E-state index in [0.717, 1.165) is 32.4 Å². The highest BCUT2D eigenvalue weighted by molar-refractivity contribution is 5.81. The summed E-state index contributed by atoms with van der Waals surface area (Å²) in [6, 6.07) is 0. The van der Waals surface area contributed by atoms with Crippen LogP contribution in [0.25, 0.3) is 0 Å². The van der Waals surface area contributed by atoms with E-state index in [2.05, 4.69) is 12.2 Å². The smallest absolute Gasteiger partial charge is 0.137 e. The summed E-state index contributed by atoms with van der Waals surface area (Å²) in [5.74, 6) is 0.785. The summed E-state index contributed by atoms with van der Waals surface area (Å²) in [5.41, 5.74) is 0. The number of nitrogens with one attached hydrogen (secondary N) is 1. The lowest BCUT2D eigenvalue weighted by atomic mass is 10.0. The molecule has 0 radical (unpaired) electrons. The van der Waals surface area contributed by atoms with Crippen LogP contribution >= 0.6 is 0 Å². The van der Waals surface area contributed by atoms with Gasteiger partial charge in [0.2, 0.25) is 0 Å². The fraction of sp³-hybridized carbons (Fsp3) is 0.875. The van der Waals surface area contributed by atoms with Crippen molar-refractivity contribution in [3.63, 3.8) is 0 Å². The van der Waals surface area contributed by atoms with E-state index in [1.807, 2.05) is 0 Å². The molecule has 0 unspecified atom stereocenters. The normalized spacial score (nSPS) is 25.1. The third kappa shape index (κ3) is 1.81. The molecule has 1 N–H and O–H groups in total. The zero-order valence-corrected chi connectivity index (χ0v) is 6.52. The second-order valence-electron chi connectivity index (χ2n) is 2.91. The van der Waals surface area contributed by atoms with Gasteiger partial charge in [0, 0.05) is 18.9 Å². The highest BCUT2D eigenvalue weighted by Gasteiger charge is 2.20. The molecule has 58 valence electrons. The lowest BCUT2D eigenvalue weighted by molar-refractivity contribution is -0.122. The first kappa shape index (κ1) is 7.73. The van der Waals surface area contributed by atoms with Crippen molar-refractivity contribution in [3.05, 3.63) is 0 Å². The Morgan fingerprint density at radius 2 is 2.50 bits per heavy atom. The third-order valence-corrected chi connectivity index (χ3v) is 2.01. The summed E-state index contributed by atoms with van der Waals surface area (Å²) in [6.07, 6.45) is 2.82. The molecule has 2 nitrogen and oxygen atoms in total. The summed E-state index contributed by atoms with van der Waals surface area (Å²) < 4.78 is 0. The maximum absolute atomic E-state index is 11.2. The summed E-state index contributed by atoms with van der Waals surface area (Å²) in [7, 11) is 0. The topological polar surface area (TPSA) is 29.1 Å². The van der Waals surface area contributed by atoms with Crippen LogP contribution in [-0.4, -0.2) is 18.9 Å². The van der Waals surface area contributed by atoms with Gasteiger partial charge in [-0.3, -0.25) is 4.79 Å². The average Bonchev–Trinajstić information content (AvgIpc) is 2.38. The predicted octanol–water partition coefficient (Wildman–Crippen LogP) is 0.965. The standard InChI is InChI=1S/C8H15NO/c1-2-3-8(10)7-4-5-9-6-7/h7,9H,2-6H2,1H3/t7-/m0/s1. The van der Waals surface area contributed by atoms with Crippen molar-refractivity contribution in [1.29, 1.82) is 0 Å². The Kier molecular flexibility index (Phi) is 2.87. The number of ketones is 1. The van der Waals surface area contributed by atoms with Gasteiger partial charge in [-0.1, -0.05) is 6.92 Å². The molecule has 0 spiro atoms. The highest BCUT2D eigenvalue weighted by atomic mass is 16.1. The zero-order valence-electron chi connectivity index (χ0n) is 6.52. The van der Waals surface area contributed by atoms with E-state index in [1.165, 1.54) is 0 Å². The monoisotopic (exact) mass is 141 g/mol. The van der Waals surface area contributed by atoms with Gasteiger partial charge in [-0.15, -0.1) is 0 Å². The van der Waals surface area contributed by atoms with Crippen LogP contribution in [0.15, 0.2) is 0 Å². The number of hydrogen-bond acceptors (Lipinski definition) is 2. The van der Waals surface area contributed by atoms with Crippen LogP contribution in [0, 0.1) is 5.92 Å². The minimum absolute atomic E-state index is 0.333. The van der Waals surface area contributed by atoms with Crippen LogP contribution in [0.3, 0.4) is 0 Å². The SMILES string of the molecule is CCCC(=O)[C@H]1CCNC1. The van der Waals surface area contributed by atoms with Crippen LogP contribution < -0.4 is 5.32 Å². The van der Waals surface area contributed by atoms with Gasteiger partial charge < -0.3 is 5.32 Å². The Balaban J connectivity index is 2.25. The molecule has 1 aliphatic heterocycles. The van der Waals surface area contributed by atoms with Crippen molar-refractivity contribution in [1.82, 2.24) is 5.32 Å². The van der Waals surface area contributed by atoms with Crippen molar-refractivity contribution >= 4 is 5.78 Å². The van der Waals surface area contributed by atoms with Crippen LogP contribution in [0.2, 0.25) is 0 Å². The molecule has 1 rings (SSSR count). The molecule has 2 heteroatoms. The summed E-state index contributed by atoms with van der Waals surface area (Å²) >= 11 is 0. The molecule has 0 amide bonds. The van der Waals surface area contributed by atoms with Gasteiger partial charge in [-0.2, -0.15) is 0 Å². The molecule has 0 aromatic heterocycles. The largest absolute Gasteiger partial charge is 0.316 e. The third-order valence-electron chi connectivity index (χ3n) is 2.01. The summed E-state index contributed by atoms with van der Waals surface area (Å²) in [5, 5.41) is 3.19. The number of Topliss-reactive ketones (excluding diaryl/α,β-unsaturated/α-hetero) is 1. The molecule has 1 saturated heterocycles. The molecule has 1 atom stereocenters. The van der Waals surface area contributed by atoms with Gasteiger partial charge in [0.05, 0.1) is 0 Å². The van der Waals surface area contributed by atoms with E-state index in [-0.39, 0.29) is 0 Å². The Morgan fingerprint density at radius 3 is 3.00 bits per heavy atom. The fourth-order valence-corrected chi connectivity index (χ4v) is 1.38. The number of rotatable bonds is 3. The van der Waals surface area contributed by atoms with E-state index in [0.29, 0.717) is 11.7 Å². The number of hydrogen-bond donors (Lipinski definition) is 1. The van der Waals surface area contributed by atoms with Gasteiger partial charge >= 0.3 is 0 Å². The number of carbonyl (C=O) groups excluding carboxylic acids is 1. The van der Waals surface area contributed by atoms with E-state index in [9.17, 15) is 4.79 Å². The van der Waals surface area contributed by atoms with E-state index in [1.54, 1.807) is 0 Å². The second kappa shape index (κ2) is 3.71. The van der Waals surface area contributed by atoms with E-state index < -0.39 is 0 Å². The van der Waals surface area contributed by atoms with Gasteiger partial charge in [-0.25, -0.2) is 0 Å². The van der Waals surface area contributed by atoms with Gasteiger partial charge in [-0.05, 0) is 19.4 Å². The molecule has 1 fully saturated rings. The first-order valence-electron chi connectivity index (χ1n) is 4.08. The fourth-order valence-electron chi connectivity index (χ4n) is 1.38. The quantitative estimate of drug-likeness (QED) is 0.634. The molecule has 0 saturated carbocycles. The van der Waals surface area contributed by atoms with Crippen molar-refractivity contribution in [2.24, 2.45) is 5.92 Å². The Hall–Kier alpha value is -0.370. The average molecular weight is 141 g/mol. The van der Waals surface area contributed by atoms with Crippen molar-refractivity contribution < 1.29 is 4.79 Å². The minimum Gasteiger partial charge on any atom is -0.316 e. The van der Waals surface area contributed by atoms with Crippen LogP contribution in [0.4, 0.5) is 0 Å². The molecule has 0 bridgehead atoms. The first-order valence-corrected chi connectivity index (χ1v) is 4.08. The van der Waals surface area contributed by atoms with Crippen molar-refractivity contribution in [2.45, 2.75) is 26.2 Å². The zero-order chi connectivity index (χ0) is 7.40. The molecule has 10 heavy (non-hydrogen) atoms. The van der Waals surface area contributed by atoms with Gasteiger partial charge in [0.25, 0.3) is 0 Å². The molecule has 0 aromatic carbocycles. The van der Waals surface area contributed by atoms with Crippen LogP contribution in [-0.2, 0) is 4.79 Å². The van der Waals surface area contributed by atoms with Crippen LogP contribution in [0.5, 0.6) is 0 Å². The minimum atomic E-state index is 0.333. The van der Waals surface area contributed by atoms with Crippen LogP contribution in [0.1, 0.15) is 26.2 Å². The lowest BCUT2D eigenvalue weighted by Gasteiger charge is -2.03. The van der Waals surface area contributed by atoms with Crippen molar-refractivity contribution in [3.8, 4) is 0 Å². The lowest BCUT2D eigenvalue weighted by Crippen LogP contribution is -2.17. The number of carbonyl (C=O) groups is 1. The Bertz CT molecular complexity index is 116. The Labute approximate surface area is 62.0 Å². The van der Waals surface area contributed by atoms with Gasteiger partial charge in [0.1, 0.15) is 5.78 Å². The highest BCUT2D eigenvalue weighted by Crippen LogP contribution is 2.11. The molecule has 0 aliphatic carbocycles. The first-order chi connectivity index (χ1) is 4.84. The molecular formula is C8H15NO. The van der Waals surface area contributed by atoms with Gasteiger partial charge in [0.15, 0.2) is 0 Å². The molecule has 1 aliphatic rings. The summed E-state index contributed by atoms with van der Waals surface area (Å²) in [6.45, 7) is 4.00. The maximum Gasteiger partial charge on any atom is 0.137 e. The predicted molar refractivity (Wildman–Crippen MR) is 40.9 cm³/mol.